The largest absolute Gasteiger partial charge is 0.352 e. The maximum Gasteiger partial charge on any atom is 0.191 e. The fraction of sp³-hybridized carbons (Fsp3) is 0.333. The number of nitrogens with zero attached hydrogens (tertiary/aromatic N) is 2. The Balaban J connectivity index is 1.88. The van der Waals surface area contributed by atoms with Crippen LogP contribution in [0.5, 0.6) is 0 Å². The van der Waals surface area contributed by atoms with Crippen LogP contribution in [0.15, 0.2) is 27.7 Å². The van der Waals surface area contributed by atoms with Crippen molar-refractivity contribution in [3.05, 3.63) is 49.6 Å². The van der Waals surface area contributed by atoms with E-state index >= 15 is 0 Å². The fourth-order valence-corrected chi connectivity index (χ4v) is 2.95. The lowest BCUT2D eigenvalue weighted by Gasteiger charge is -2.11. The molecule has 0 saturated heterocycles. The topological polar surface area (TPSA) is 49.3 Å². The lowest BCUT2D eigenvalue weighted by molar-refractivity contribution is 0.617. The molecule has 1 heterocycles. The second kappa shape index (κ2) is 7.69. The van der Waals surface area contributed by atoms with Crippen molar-refractivity contribution >= 4 is 33.2 Å². The zero-order chi connectivity index (χ0) is 16.1. The van der Waals surface area contributed by atoms with Gasteiger partial charge in [-0.1, -0.05) is 6.07 Å². The summed E-state index contributed by atoms with van der Waals surface area (Å²) in [5.41, 5.74) is 1.92. The molecule has 1 aromatic carbocycles. The molecule has 118 valence electrons. The van der Waals surface area contributed by atoms with Crippen LogP contribution in [-0.4, -0.2) is 18.0 Å². The molecule has 0 atom stereocenters. The quantitative estimate of drug-likeness (QED) is 0.626. The van der Waals surface area contributed by atoms with E-state index in [1.165, 1.54) is 10.9 Å². The van der Waals surface area contributed by atoms with Gasteiger partial charge in [0, 0.05) is 18.5 Å². The minimum Gasteiger partial charge on any atom is -0.352 e. The Morgan fingerprint density at radius 3 is 2.64 bits per heavy atom. The summed E-state index contributed by atoms with van der Waals surface area (Å²) < 4.78 is 13.9. The number of halogens is 2. The zero-order valence-electron chi connectivity index (χ0n) is 12.7. The molecule has 2 N–H and O–H groups in total. The van der Waals surface area contributed by atoms with Gasteiger partial charge in [-0.2, -0.15) is 0 Å². The monoisotopic (exact) mass is 384 g/mol. The molecule has 0 fully saturated rings. The Kier molecular flexibility index (Phi) is 5.90. The van der Waals surface area contributed by atoms with Gasteiger partial charge < -0.3 is 10.6 Å². The van der Waals surface area contributed by atoms with E-state index in [1.54, 1.807) is 24.5 Å². The molecule has 2 rings (SSSR count). The highest BCUT2D eigenvalue weighted by Crippen LogP contribution is 2.17. The van der Waals surface area contributed by atoms with Crippen LogP contribution < -0.4 is 10.6 Å². The van der Waals surface area contributed by atoms with Gasteiger partial charge in [0.15, 0.2) is 5.96 Å². The van der Waals surface area contributed by atoms with E-state index in [1.807, 2.05) is 13.0 Å². The highest BCUT2D eigenvalue weighted by molar-refractivity contribution is 9.10. The maximum absolute atomic E-state index is 13.5. The standard InChI is InChI=1S/C15H18BrFN4S/c1-9-10(2)22-14(21-9)8-20-15(18-3)19-7-11-4-5-12(16)13(17)6-11/h4-6H,7-8H2,1-3H3,(H2,18,19,20). The summed E-state index contributed by atoms with van der Waals surface area (Å²) in [5, 5.41) is 7.39. The Bertz CT molecular complexity index is 665. The summed E-state index contributed by atoms with van der Waals surface area (Å²) in [6.07, 6.45) is 0. The van der Waals surface area contributed by atoms with Crippen molar-refractivity contribution in [2.75, 3.05) is 7.05 Å². The Hall–Kier alpha value is -1.47. The zero-order valence-corrected chi connectivity index (χ0v) is 15.1. The van der Waals surface area contributed by atoms with Crippen molar-refractivity contribution in [1.29, 1.82) is 0 Å². The van der Waals surface area contributed by atoms with Gasteiger partial charge in [0.2, 0.25) is 0 Å². The first kappa shape index (κ1) is 16.9. The van der Waals surface area contributed by atoms with Gasteiger partial charge in [-0.05, 0) is 47.5 Å². The first-order chi connectivity index (χ1) is 10.5. The SMILES string of the molecule is CN=C(NCc1ccc(Br)c(F)c1)NCc1nc(C)c(C)s1. The van der Waals surface area contributed by atoms with Gasteiger partial charge >= 0.3 is 0 Å². The van der Waals surface area contributed by atoms with Gasteiger partial charge in [-0.3, -0.25) is 4.99 Å². The number of guanidine groups is 1. The van der Waals surface area contributed by atoms with Gasteiger partial charge in [-0.15, -0.1) is 11.3 Å². The third kappa shape index (κ3) is 4.51. The van der Waals surface area contributed by atoms with Gasteiger partial charge in [0.05, 0.1) is 16.7 Å². The molecule has 7 heteroatoms. The van der Waals surface area contributed by atoms with E-state index < -0.39 is 0 Å². The summed E-state index contributed by atoms with van der Waals surface area (Å²) in [4.78, 5) is 9.86. The third-order valence-corrected chi connectivity index (χ3v) is 4.86. The van der Waals surface area contributed by atoms with E-state index in [4.69, 9.17) is 0 Å². The molecule has 22 heavy (non-hydrogen) atoms. The van der Waals surface area contributed by atoms with Crippen molar-refractivity contribution in [3.8, 4) is 0 Å². The third-order valence-electron chi connectivity index (χ3n) is 3.15. The van der Waals surface area contributed by atoms with Crippen LogP contribution in [-0.2, 0) is 13.1 Å². The van der Waals surface area contributed by atoms with Gasteiger partial charge in [0.1, 0.15) is 10.8 Å². The molecular formula is C15H18BrFN4S. The number of aryl methyl sites for hydroxylation is 2. The van der Waals surface area contributed by atoms with Crippen molar-refractivity contribution in [3.63, 3.8) is 0 Å². The summed E-state index contributed by atoms with van der Waals surface area (Å²) in [6, 6.07) is 5.06. The average molecular weight is 385 g/mol. The van der Waals surface area contributed by atoms with Crippen molar-refractivity contribution in [2.24, 2.45) is 4.99 Å². The van der Waals surface area contributed by atoms with Crippen LogP contribution in [0.1, 0.15) is 21.1 Å². The summed E-state index contributed by atoms with van der Waals surface area (Å²) in [6.45, 7) is 5.18. The normalized spacial score (nSPS) is 11.6. The molecule has 0 bridgehead atoms. The van der Waals surface area contributed by atoms with Crippen molar-refractivity contribution in [1.82, 2.24) is 15.6 Å². The lowest BCUT2D eigenvalue weighted by Crippen LogP contribution is -2.36. The highest BCUT2D eigenvalue weighted by Gasteiger charge is 2.05. The fourth-order valence-electron chi connectivity index (χ4n) is 1.83. The second-order valence-electron chi connectivity index (χ2n) is 4.78. The Morgan fingerprint density at radius 2 is 2.05 bits per heavy atom. The van der Waals surface area contributed by atoms with Crippen LogP contribution >= 0.6 is 27.3 Å². The molecule has 4 nitrogen and oxygen atoms in total. The Labute approximate surface area is 142 Å². The molecule has 0 radical (unpaired) electrons. The average Bonchev–Trinajstić information content (AvgIpc) is 2.81. The van der Waals surface area contributed by atoms with Crippen LogP contribution in [0, 0.1) is 19.7 Å². The second-order valence-corrected chi connectivity index (χ2v) is 6.92. The molecule has 0 aliphatic heterocycles. The predicted octanol–water partition coefficient (Wildman–Crippen LogP) is 3.53. The van der Waals surface area contributed by atoms with E-state index in [9.17, 15) is 4.39 Å². The van der Waals surface area contributed by atoms with E-state index in [2.05, 4.69) is 43.5 Å². The van der Waals surface area contributed by atoms with Crippen LogP contribution in [0.25, 0.3) is 0 Å². The summed E-state index contributed by atoms with van der Waals surface area (Å²) in [5.74, 6) is 0.393. The first-order valence-corrected chi connectivity index (χ1v) is 8.42. The minimum absolute atomic E-state index is 0.268. The number of hydrogen-bond donors (Lipinski definition) is 2. The first-order valence-electron chi connectivity index (χ1n) is 6.81. The van der Waals surface area contributed by atoms with Crippen LogP contribution in [0.4, 0.5) is 4.39 Å². The van der Waals surface area contributed by atoms with Gasteiger partial charge in [0.25, 0.3) is 0 Å². The number of aliphatic imine (C=N–C) groups is 1. The lowest BCUT2D eigenvalue weighted by atomic mass is 10.2. The van der Waals surface area contributed by atoms with Crippen LogP contribution in [0.2, 0.25) is 0 Å². The molecule has 1 aromatic heterocycles. The van der Waals surface area contributed by atoms with E-state index in [0.717, 1.165) is 16.3 Å². The van der Waals surface area contributed by atoms with Crippen molar-refractivity contribution < 1.29 is 4.39 Å². The molecule has 0 aliphatic rings. The maximum atomic E-state index is 13.5. The molecule has 0 spiro atoms. The number of hydrogen-bond acceptors (Lipinski definition) is 3. The van der Waals surface area contributed by atoms with Crippen molar-refractivity contribution in [2.45, 2.75) is 26.9 Å². The van der Waals surface area contributed by atoms with E-state index in [0.29, 0.717) is 23.5 Å². The Morgan fingerprint density at radius 1 is 1.32 bits per heavy atom. The molecule has 0 aliphatic carbocycles. The molecule has 0 amide bonds. The van der Waals surface area contributed by atoms with Crippen LogP contribution in [0.3, 0.4) is 0 Å². The minimum atomic E-state index is -0.268. The molecule has 0 saturated carbocycles. The summed E-state index contributed by atoms with van der Waals surface area (Å²) >= 11 is 4.82. The number of benzene rings is 1. The summed E-state index contributed by atoms with van der Waals surface area (Å²) in [7, 11) is 1.70. The number of aromatic nitrogens is 1. The number of thiazole rings is 1. The molecular weight excluding hydrogens is 367 g/mol. The number of nitrogens with one attached hydrogen (secondary N) is 2. The molecule has 0 unspecified atom stereocenters. The highest BCUT2D eigenvalue weighted by atomic mass is 79.9. The van der Waals surface area contributed by atoms with Gasteiger partial charge in [-0.25, -0.2) is 9.37 Å². The predicted molar refractivity (Wildman–Crippen MR) is 92.7 cm³/mol. The molecule has 2 aromatic rings. The number of rotatable bonds is 4. The smallest absolute Gasteiger partial charge is 0.191 e. The van der Waals surface area contributed by atoms with E-state index in [-0.39, 0.29) is 5.82 Å².